The van der Waals surface area contributed by atoms with Crippen LogP contribution in [0, 0.1) is 0 Å². The molecular weight excluding hydrogens is 228 g/mol. The molecule has 1 saturated heterocycles. The van der Waals surface area contributed by atoms with Gasteiger partial charge < -0.3 is 11.1 Å². The van der Waals surface area contributed by atoms with Crippen LogP contribution in [-0.2, 0) is 0 Å². The van der Waals surface area contributed by atoms with Gasteiger partial charge in [0.25, 0.3) is 0 Å². The molecule has 0 saturated carbocycles. The first-order valence-corrected chi connectivity index (χ1v) is 7.05. The lowest BCUT2D eigenvalue weighted by molar-refractivity contribution is 0.989. The highest BCUT2D eigenvalue weighted by Crippen LogP contribution is 2.23. The summed E-state index contributed by atoms with van der Waals surface area (Å²) in [4.78, 5) is 8.13. The summed E-state index contributed by atoms with van der Waals surface area (Å²) in [6.45, 7) is 0.940. The monoisotopic (exact) mass is 242 g/mol. The van der Waals surface area contributed by atoms with E-state index in [1.165, 1.54) is 17.3 Å². The number of hydrogen-bond acceptors (Lipinski definition) is 6. The average molecular weight is 242 g/mol. The zero-order chi connectivity index (χ0) is 10.5. The highest BCUT2D eigenvalue weighted by Gasteiger charge is 2.13. The second kappa shape index (κ2) is 5.46. The summed E-state index contributed by atoms with van der Waals surface area (Å²) in [7, 11) is 0. The molecule has 82 valence electrons. The standard InChI is InChI=1S/C9H14N4S2/c10-8-4-11-5-9(13-8)12-3-7-6-14-1-2-15-7/h4-5,7H,1-3,6H2,(H3,10,12,13). The zero-order valence-electron chi connectivity index (χ0n) is 8.35. The molecule has 1 fully saturated rings. The molecule has 1 aliphatic rings. The van der Waals surface area contributed by atoms with Crippen molar-refractivity contribution in [2.45, 2.75) is 5.25 Å². The van der Waals surface area contributed by atoms with Gasteiger partial charge in [-0.05, 0) is 0 Å². The Kier molecular flexibility index (Phi) is 3.96. The van der Waals surface area contributed by atoms with E-state index < -0.39 is 0 Å². The number of nitrogens with two attached hydrogens (primary N) is 1. The summed E-state index contributed by atoms with van der Waals surface area (Å²) in [5.74, 6) is 4.98. The molecule has 0 aromatic carbocycles. The van der Waals surface area contributed by atoms with Crippen LogP contribution in [0.15, 0.2) is 12.4 Å². The molecule has 0 bridgehead atoms. The maximum atomic E-state index is 5.54. The number of aromatic nitrogens is 2. The Morgan fingerprint density at radius 3 is 3.13 bits per heavy atom. The SMILES string of the molecule is Nc1cncc(NCC2CSCCS2)n1. The molecule has 0 spiro atoms. The van der Waals surface area contributed by atoms with E-state index >= 15 is 0 Å². The van der Waals surface area contributed by atoms with Crippen molar-refractivity contribution in [1.29, 1.82) is 0 Å². The predicted octanol–water partition coefficient (Wildman–Crippen LogP) is 1.32. The quantitative estimate of drug-likeness (QED) is 0.833. The van der Waals surface area contributed by atoms with Gasteiger partial charge in [0.2, 0.25) is 0 Å². The summed E-state index contributed by atoms with van der Waals surface area (Å²) < 4.78 is 0. The number of nitrogens with zero attached hydrogens (tertiary/aromatic N) is 2. The van der Waals surface area contributed by atoms with Crippen molar-refractivity contribution in [3.63, 3.8) is 0 Å². The van der Waals surface area contributed by atoms with Gasteiger partial charge in [0, 0.05) is 29.1 Å². The Morgan fingerprint density at radius 2 is 2.40 bits per heavy atom. The fourth-order valence-electron chi connectivity index (χ4n) is 1.34. The topological polar surface area (TPSA) is 63.8 Å². The molecule has 15 heavy (non-hydrogen) atoms. The van der Waals surface area contributed by atoms with Crippen molar-refractivity contribution >= 4 is 35.2 Å². The lowest BCUT2D eigenvalue weighted by Gasteiger charge is -2.21. The van der Waals surface area contributed by atoms with Gasteiger partial charge >= 0.3 is 0 Å². The second-order valence-electron chi connectivity index (χ2n) is 3.28. The normalized spacial score (nSPS) is 21.2. The fourth-order valence-corrected chi connectivity index (χ4v) is 3.95. The molecule has 1 aromatic heterocycles. The van der Waals surface area contributed by atoms with Crippen LogP contribution in [0.2, 0.25) is 0 Å². The largest absolute Gasteiger partial charge is 0.382 e. The fraction of sp³-hybridized carbons (Fsp3) is 0.556. The van der Waals surface area contributed by atoms with Crippen LogP contribution in [0.4, 0.5) is 11.6 Å². The van der Waals surface area contributed by atoms with Crippen molar-refractivity contribution in [3.05, 3.63) is 12.4 Å². The Balaban J connectivity index is 1.81. The third-order valence-corrected chi connectivity index (χ3v) is 4.89. The van der Waals surface area contributed by atoms with Crippen LogP contribution < -0.4 is 11.1 Å². The van der Waals surface area contributed by atoms with Crippen LogP contribution in [0.5, 0.6) is 0 Å². The highest BCUT2D eigenvalue weighted by molar-refractivity contribution is 8.06. The van der Waals surface area contributed by atoms with Crippen LogP contribution in [0.3, 0.4) is 0 Å². The lowest BCUT2D eigenvalue weighted by atomic mass is 10.4. The number of rotatable bonds is 3. The Hall–Kier alpha value is -0.620. The van der Waals surface area contributed by atoms with E-state index in [2.05, 4.69) is 15.3 Å². The molecule has 1 unspecified atom stereocenters. The summed E-state index contributed by atoms with van der Waals surface area (Å²) in [6.07, 6.45) is 3.26. The minimum absolute atomic E-state index is 0.464. The number of nitrogens with one attached hydrogen (secondary N) is 1. The van der Waals surface area contributed by atoms with Crippen LogP contribution in [0.25, 0.3) is 0 Å². The molecule has 4 nitrogen and oxygen atoms in total. The number of hydrogen-bond donors (Lipinski definition) is 2. The maximum Gasteiger partial charge on any atom is 0.146 e. The summed E-state index contributed by atoms with van der Waals surface area (Å²) in [5.41, 5.74) is 5.54. The van der Waals surface area contributed by atoms with E-state index in [0.29, 0.717) is 11.1 Å². The van der Waals surface area contributed by atoms with E-state index in [-0.39, 0.29) is 0 Å². The van der Waals surface area contributed by atoms with Crippen LogP contribution in [-0.4, -0.2) is 39.0 Å². The Labute approximate surface area is 97.8 Å². The van der Waals surface area contributed by atoms with Crippen LogP contribution in [0.1, 0.15) is 0 Å². The lowest BCUT2D eigenvalue weighted by Crippen LogP contribution is -2.23. The molecule has 1 aromatic rings. The average Bonchev–Trinajstić information content (AvgIpc) is 2.28. The number of nitrogen functional groups attached to an aromatic ring is 1. The van der Waals surface area contributed by atoms with E-state index in [1.807, 2.05) is 23.5 Å². The van der Waals surface area contributed by atoms with E-state index in [4.69, 9.17) is 5.73 Å². The first-order valence-electron chi connectivity index (χ1n) is 4.85. The van der Waals surface area contributed by atoms with E-state index in [1.54, 1.807) is 12.4 Å². The first-order chi connectivity index (χ1) is 7.34. The van der Waals surface area contributed by atoms with Gasteiger partial charge in [-0.25, -0.2) is 4.98 Å². The van der Waals surface area contributed by atoms with Gasteiger partial charge in [-0.2, -0.15) is 23.5 Å². The molecule has 0 aliphatic carbocycles. The molecule has 0 amide bonds. The summed E-state index contributed by atoms with van der Waals surface area (Å²) >= 11 is 4.04. The molecule has 0 radical (unpaired) electrons. The molecule has 2 rings (SSSR count). The maximum absolute atomic E-state index is 5.54. The van der Waals surface area contributed by atoms with Gasteiger partial charge in [0.05, 0.1) is 12.4 Å². The Bertz CT molecular complexity index is 315. The number of thioether (sulfide) groups is 2. The second-order valence-corrected chi connectivity index (χ2v) is 5.84. The Morgan fingerprint density at radius 1 is 1.47 bits per heavy atom. The van der Waals surface area contributed by atoms with E-state index in [0.717, 1.165) is 12.4 Å². The molecular formula is C9H14N4S2. The molecule has 1 aliphatic heterocycles. The molecule has 3 N–H and O–H groups in total. The molecule has 6 heteroatoms. The first kappa shape index (κ1) is 10.9. The number of anilines is 2. The minimum Gasteiger partial charge on any atom is -0.382 e. The van der Waals surface area contributed by atoms with Gasteiger partial charge in [-0.3, -0.25) is 4.98 Å². The molecule has 2 heterocycles. The zero-order valence-corrected chi connectivity index (χ0v) is 9.98. The van der Waals surface area contributed by atoms with Crippen molar-refractivity contribution < 1.29 is 0 Å². The molecule has 1 atom stereocenters. The van der Waals surface area contributed by atoms with Crippen molar-refractivity contribution in [3.8, 4) is 0 Å². The summed E-state index contributed by atoms with van der Waals surface area (Å²) in [6, 6.07) is 0. The van der Waals surface area contributed by atoms with Gasteiger partial charge in [0.1, 0.15) is 11.6 Å². The smallest absolute Gasteiger partial charge is 0.146 e. The van der Waals surface area contributed by atoms with Crippen molar-refractivity contribution in [2.24, 2.45) is 0 Å². The third kappa shape index (κ3) is 3.46. The van der Waals surface area contributed by atoms with Crippen LogP contribution >= 0.6 is 23.5 Å². The summed E-state index contributed by atoms with van der Waals surface area (Å²) in [5, 5.41) is 3.94. The van der Waals surface area contributed by atoms with Gasteiger partial charge in [-0.1, -0.05) is 0 Å². The van der Waals surface area contributed by atoms with Gasteiger partial charge in [0.15, 0.2) is 0 Å². The third-order valence-electron chi connectivity index (χ3n) is 2.05. The van der Waals surface area contributed by atoms with E-state index in [9.17, 15) is 0 Å². The van der Waals surface area contributed by atoms with Crippen molar-refractivity contribution in [2.75, 3.05) is 34.9 Å². The van der Waals surface area contributed by atoms with Gasteiger partial charge in [-0.15, -0.1) is 0 Å². The van der Waals surface area contributed by atoms with Crippen molar-refractivity contribution in [1.82, 2.24) is 9.97 Å². The minimum atomic E-state index is 0.464. The highest BCUT2D eigenvalue weighted by atomic mass is 32.2. The predicted molar refractivity (Wildman–Crippen MR) is 68.5 cm³/mol.